The quantitative estimate of drug-likeness (QED) is 0.823. The van der Waals surface area contributed by atoms with Gasteiger partial charge in [0.15, 0.2) is 0 Å². The Kier molecular flexibility index (Phi) is 5.85. The van der Waals surface area contributed by atoms with Gasteiger partial charge >= 0.3 is 0 Å². The number of carbonyl (C=O) groups is 1. The van der Waals surface area contributed by atoms with Crippen LogP contribution in [0.3, 0.4) is 0 Å². The maximum Gasteiger partial charge on any atom is 0.256 e. The largest absolute Gasteiger partial charge is 0.328 e. The Morgan fingerprint density at radius 2 is 1.90 bits per heavy atom. The first kappa shape index (κ1) is 20.4. The Bertz CT molecular complexity index is 983. The molecule has 3 aliphatic rings. The number of aromatic nitrogens is 3. The monoisotopic (exact) mass is 421 g/mol. The summed E-state index contributed by atoms with van der Waals surface area (Å²) in [5, 5.41) is 0. The summed E-state index contributed by atoms with van der Waals surface area (Å²) in [5.41, 5.74) is 2.30. The van der Waals surface area contributed by atoms with Crippen molar-refractivity contribution < 1.29 is 4.79 Å². The van der Waals surface area contributed by atoms with Gasteiger partial charge in [-0.1, -0.05) is 19.3 Å². The Morgan fingerprint density at radius 1 is 1.06 bits per heavy atom. The highest BCUT2D eigenvalue weighted by molar-refractivity contribution is 5.94. The van der Waals surface area contributed by atoms with E-state index in [-0.39, 0.29) is 17.5 Å². The molecule has 0 bridgehead atoms. The number of rotatable bonds is 3. The molecule has 7 heteroatoms. The Balaban J connectivity index is 1.39. The number of piperidine rings is 1. The number of amides is 1. The molecule has 31 heavy (non-hydrogen) atoms. The summed E-state index contributed by atoms with van der Waals surface area (Å²) in [6.07, 6.45) is 13.3. The van der Waals surface area contributed by atoms with Crippen LogP contribution in [0.2, 0.25) is 0 Å². The molecule has 1 saturated heterocycles. The first-order valence-electron chi connectivity index (χ1n) is 11.8. The molecule has 5 rings (SSSR count). The van der Waals surface area contributed by atoms with E-state index in [0.717, 1.165) is 43.5 Å². The van der Waals surface area contributed by atoms with Gasteiger partial charge in [0.05, 0.1) is 22.9 Å². The molecule has 1 saturated carbocycles. The van der Waals surface area contributed by atoms with Crippen molar-refractivity contribution in [2.45, 2.75) is 76.4 Å². The average molecular weight is 422 g/mol. The number of hydrogen-bond donors (Lipinski definition) is 1. The van der Waals surface area contributed by atoms with Crippen LogP contribution in [0.15, 0.2) is 29.3 Å². The minimum atomic E-state index is -0.184. The molecule has 1 N–H and O–H groups in total. The maximum atomic E-state index is 13.1. The highest BCUT2D eigenvalue weighted by Crippen LogP contribution is 2.31. The summed E-state index contributed by atoms with van der Waals surface area (Å²) in [4.78, 5) is 42.6. The lowest BCUT2D eigenvalue weighted by Gasteiger charge is -2.38. The molecule has 1 aliphatic carbocycles. The molecule has 1 atom stereocenters. The standard InChI is InChI=1S/C24H31N5O2/c30-23-19-16-28(18-8-2-1-3-9-18)14-11-20(19)26-22(27-23)21-10-4-5-13-29(21)24(31)17-7-6-12-25-15-17/h6-7,12,15,18,21H,1-5,8-11,13-14,16H2,(H,26,27,30). The van der Waals surface area contributed by atoms with Gasteiger partial charge in [-0.15, -0.1) is 0 Å². The number of pyridine rings is 1. The predicted octanol–water partition coefficient (Wildman–Crippen LogP) is 3.22. The molecular formula is C24H31N5O2. The first-order chi connectivity index (χ1) is 15.2. The first-order valence-corrected chi connectivity index (χ1v) is 11.8. The van der Waals surface area contributed by atoms with Crippen molar-refractivity contribution in [3.63, 3.8) is 0 Å². The zero-order valence-electron chi connectivity index (χ0n) is 18.1. The van der Waals surface area contributed by atoms with Gasteiger partial charge in [-0.3, -0.25) is 19.5 Å². The Hall–Kier alpha value is -2.54. The van der Waals surface area contributed by atoms with Crippen LogP contribution in [0, 0.1) is 0 Å². The highest BCUT2D eigenvalue weighted by atomic mass is 16.2. The zero-order valence-corrected chi connectivity index (χ0v) is 18.1. The maximum absolute atomic E-state index is 13.1. The van der Waals surface area contributed by atoms with Crippen LogP contribution < -0.4 is 5.56 Å². The van der Waals surface area contributed by atoms with Crippen molar-refractivity contribution in [3.8, 4) is 0 Å². The summed E-state index contributed by atoms with van der Waals surface area (Å²) in [6, 6.07) is 4.00. The molecule has 1 unspecified atom stereocenters. The summed E-state index contributed by atoms with van der Waals surface area (Å²) in [7, 11) is 0. The van der Waals surface area contributed by atoms with Crippen molar-refractivity contribution in [3.05, 3.63) is 57.5 Å². The van der Waals surface area contributed by atoms with Gasteiger partial charge in [-0.05, 0) is 44.2 Å². The Morgan fingerprint density at radius 3 is 2.71 bits per heavy atom. The van der Waals surface area contributed by atoms with E-state index >= 15 is 0 Å². The fourth-order valence-electron chi connectivity index (χ4n) is 5.49. The van der Waals surface area contributed by atoms with Crippen LogP contribution in [0.1, 0.15) is 84.8 Å². The van der Waals surface area contributed by atoms with E-state index in [1.165, 1.54) is 32.1 Å². The minimum absolute atomic E-state index is 0.0279. The van der Waals surface area contributed by atoms with Gasteiger partial charge in [0.25, 0.3) is 11.5 Å². The molecule has 2 aromatic heterocycles. The molecule has 164 valence electrons. The van der Waals surface area contributed by atoms with E-state index in [1.807, 2.05) is 4.90 Å². The van der Waals surface area contributed by atoms with Gasteiger partial charge < -0.3 is 9.88 Å². The van der Waals surface area contributed by atoms with Crippen LogP contribution in [0.4, 0.5) is 0 Å². The third-order valence-corrected chi connectivity index (χ3v) is 7.20. The summed E-state index contributed by atoms with van der Waals surface area (Å²) >= 11 is 0. The van der Waals surface area contributed by atoms with Crippen LogP contribution in [-0.4, -0.2) is 49.8 Å². The molecule has 1 amide bonds. The molecule has 7 nitrogen and oxygen atoms in total. The summed E-state index contributed by atoms with van der Waals surface area (Å²) < 4.78 is 0. The molecular weight excluding hydrogens is 390 g/mol. The molecule has 2 fully saturated rings. The van der Waals surface area contributed by atoms with Crippen molar-refractivity contribution in [2.75, 3.05) is 13.1 Å². The fraction of sp³-hybridized carbons (Fsp3) is 0.583. The normalized spacial score (nSPS) is 22.8. The molecule has 0 radical (unpaired) electrons. The molecule has 2 aromatic rings. The summed E-state index contributed by atoms with van der Waals surface area (Å²) in [5.74, 6) is 0.605. The van der Waals surface area contributed by atoms with Crippen LogP contribution in [-0.2, 0) is 13.0 Å². The Labute approximate surface area is 182 Å². The topological polar surface area (TPSA) is 82.2 Å². The zero-order chi connectivity index (χ0) is 21.2. The van der Waals surface area contributed by atoms with Gasteiger partial charge in [0.2, 0.25) is 0 Å². The molecule has 0 spiro atoms. The van der Waals surface area contributed by atoms with Crippen LogP contribution in [0.5, 0.6) is 0 Å². The highest BCUT2D eigenvalue weighted by Gasteiger charge is 2.33. The van der Waals surface area contributed by atoms with E-state index in [2.05, 4.69) is 14.9 Å². The predicted molar refractivity (Wildman–Crippen MR) is 118 cm³/mol. The van der Waals surface area contributed by atoms with Crippen molar-refractivity contribution in [1.82, 2.24) is 24.8 Å². The summed E-state index contributed by atoms with van der Waals surface area (Å²) in [6.45, 7) is 2.34. The third-order valence-electron chi connectivity index (χ3n) is 7.20. The van der Waals surface area contributed by atoms with Gasteiger partial charge in [0.1, 0.15) is 5.82 Å². The number of hydrogen-bond acceptors (Lipinski definition) is 5. The SMILES string of the molecule is O=C(c1cccnc1)N1CCCCC1c1nc2c(c(=O)[nH]1)CN(C1CCCCC1)CC2. The average Bonchev–Trinajstić information content (AvgIpc) is 2.84. The minimum Gasteiger partial charge on any atom is -0.328 e. The molecule has 4 heterocycles. The van der Waals surface area contributed by atoms with Crippen LogP contribution in [0.25, 0.3) is 0 Å². The number of carbonyl (C=O) groups excluding carboxylic acids is 1. The number of nitrogens with zero attached hydrogens (tertiary/aromatic N) is 4. The lowest BCUT2D eigenvalue weighted by Crippen LogP contribution is -2.44. The second-order valence-corrected chi connectivity index (χ2v) is 9.14. The second kappa shape index (κ2) is 8.91. The number of likely N-dealkylation sites (tertiary alicyclic amines) is 1. The fourth-order valence-corrected chi connectivity index (χ4v) is 5.49. The van der Waals surface area contributed by atoms with Crippen molar-refractivity contribution in [2.24, 2.45) is 0 Å². The van der Waals surface area contributed by atoms with Crippen molar-refractivity contribution >= 4 is 5.91 Å². The number of nitrogens with one attached hydrogen (secondary N) is 1. The van der Waals surface area contributed by atoms with E-state index in [0.29, 0.717) is 30.5 Å². The smallest absolute Gasteiger partial charge is 0.256 e. The number of aromatic amines is 1. The van der Waals surface area contributed by atoms with Gasteiger partial charge in [-0.2, -0.15) is 0 Å². The molecule has 2 aliphatic heterocycles. The van der Waals surface area contributed by atoms with E-state index in [4.69, 9.17) is 4.98 Å². The van der Waals surface area contributed by atoms with E-state index in [9.17, 15) is 9.59 Å². The van der Waals surface area contributed by atoms with Crippen molar-refractivity contribution in [1.29, 1.82) is 0 Å². The lowest BCUT2D eigenvalue weighted by molar-refractivity contribution is 0.0598. The lowest BCUT2D eigenvalue weighted by atomic mass is 9.92. The number of H-pyrrole nitrogens is 1. The van der Waals surface area contributed by atoms with Gasteiger partial charge in [0, 0.05) is 44.5 Å². The second-order valence-electron chi connectivity index (χ2n) is 9.14. The van der Waals surface area contributed by atoms with Crippen LogP contribution >= 0.6 is 0 Å². The van der Waals surface area contributed by atoms with E-state index in [1.54, 1.807) is 24.5 Å². The van der Waals surface area contributed by atoms with E-state index < -0.39 is 0 Å². The number of fused-ring (bicyclic) bond motifs is 1. The third kappa shape index (κ3) is 4.15. The molecule has 0 aromatic carbocycles. The van der Waals surface area contributed by atoms with Gasteiger partial charge in [-0.25, -0.2) is 4.98 Å².